The van der Waals surface area contributed by atoms with Gasteiger partial charge >= 0.3 is 0 Å². The molecule has 0 unspecified atom stereocenters. The third-order valence-corrected chi connectivity index (χ3v) is 4.76. The molecule has 0 radical (unpaired) electrons. The first-order valence-corrected chi connectivity index (χ1v) is 9.54. The lowest BCUT2D eigenvalue weighted by atomic mass is 10.3. The van der Waals surface area contributed by atoms with Crippen LogP contribution in [0.25, 0.3) is 11.5 Å². The summed E-state index contributed by atoms with van der Waals surface area (Å²) in [7, 11) is 1.60. The molecule has 10 nitrogen and oxygen atoms in total. The number of nitrogens with zero attached hydrogens (tertiary/aromatic N) is 6. The van der Waals surface area contributed by atoms with E-state index in [2.05, 4.69) is 25.3 Å². The molecule has 0 aliphatic heterocycles. The van der Waals surface area contributed by atoms with Crippen LogP contribution in [0.4, 0.5) is 0 Å². The molecule has 0 amide bonds. The Morgan fingerprint density at radius 2 is 2.03 bits per heavy atom. The summed E-state index contributed by atoms with van der Waals surface area (Å²) in [6, 6.07) is 12.8. The number of benzene rings is 1. The van der Waals surface area contributed by atoms with Crippen LogP contribution in [0.5, 0.6) is 11.5 Å². The highest BCUT2D eigenvalue weighted by atomic mass is 32.2. The standard InChI is InChI=1S/C18H17N7O3S/c1-26-12-5-4-6-13(9-12)27-10-15-22-23-18(25(15)19)29-11-16-21-17(24-28-16)14-7-2-3-8-20-14/h2-9H,10-11,19H2,1H3. The molecule has 4 rings (SSSR count). The molecule has 0 atom stereocenters. The van der Waals surface area contributed by atoms with Crippen LogP contribution in [0.15, 0.2) is 58.3 Å². The molecule has 11 heteroatoms. The number of pyridine rings is 1. The van der Waals surface area contributed by atoms with Gasteiger partial charge in [-0.2, -0.15) is 4.98 Å². The van der Waals surface area contributed by atoms with Crippen molar-refractivity contribution in [3.8, 4) is 23.0 Å². The van der Waals surface area contributed by atoms with E-state index < -0.39 is 0 Å². The van der Waals surface area contributed by atoms with Gasteiger partial charge < -0.3 is 19.8 Å². The number of rotatable bonds is 8. The molecule has 148 valence electrons. The quantitative estimate of drug-likeness (QED) is 0.341. The molecule has 2 N–H and O–H groups in total. The fraction of sp³-hybridized carbons (Fsp3) is 0.167. The molecule has 0 aliphatic rings. The van der Waals surface area contributed by atoms with Gasteiger partial charge in [0.1, 0.15) is 23.8 Å². The van der Waals surface area contributed by atoms with Crippen LogP contribution >= 0.6 is 11.8 Å². The SMILES string of the molecule is COc1cccc(OCc2nnc(SCc3nc(-c4ccccn4)no3)n2N)c1. The second-order valence-electron chi connectivity index (χ2n) is 5.75. The smallest absolute Gasteiger partial charge is 0.237 e. The number of hydrogen-bond donors (Lipinski definition) is 1. The molecule has 1 aromatic carbocycles. The molecular weight excluding hydrogens is 394 g/mol. The first kappa shape index (κ1) is 18.7. The van der Waals surface area contributed by atoms with Crippen molar-refractivity contribution < 1.29 is 14.0 Å². The van der Waals surface area contributed by atoms with Crippen LogP contribution in [0.1, 0.15) is 11.7 Å². The van der Waals surface area contributed by atoms with Crippen LogP contribution in [-0.2, 0) is 12.4 Å². The van der Waals surface area contributed by atoms with E-state index in [0.717, 1.165) is 0 Å². The normalized spacial score (nSPS) is 10.8. The van der Waals surface area contributed by atoms with Gasteiger partial charge in [-0.05, 0) is 24.3 Å². The summed E-state index contributed by atoms with van der Waals surface area (Å²) in [6.45, 7) is 0.168. The first-order valence-electron chi connectivity index (χ1n) is 8.56. The van der Waals surface area contributed by atoms with Crippen molar-refractivity contribution in [2.45, 2.75) is 17.5 Å². The van der Waals surface area contributed by atoms with Crippen molar-refractivity contribution in [1.29, 1.82) is 0 Å². The van der Waals surface area contributed by atoms with E-state index >= 15 is 0 Å². The average Bonchev–Trinajstić information content (AvgIpc) is 3.38. The number of hydrogen-bond acceptors (Lipinski definition) is 10. The van der Waals surface area contributed by atoms with Crippen molar-refractivity contribution >= 4 is 11.8 Å². The minimum Gasteiger partial charge on any atom is -0.497 e. The molecular formula is C18H17N7O3S. The van der Waals surface area contributed by atoms with E-state index in [1.165, 1.54) is 16.4 Å². The molecule has 0 spiro atoms. The lowest BCUT2D eigenvalue weighted by Gasteiger charge is -2.07. The minimum atomic E-state index is 0.168. The minimum absolute atomic E-state index is 0.168. The summed E-state index contributed by atoms with van der Waals surface area (Å²) in [5.41, 5.74) is 0.645. The zero-order chi connectivity index (χ0) is 20.1. The van der Waals surface area contributed by atoms with Crippen molar-refractivity contribution in [3.05, 3.63) is 60.4 Å². The van der Waals surface area contributed by atoms with E-state index in [1.807, 2.05) is 36.4 Å². The average molecular weight is 411 g/mol. The van der Waals surface area contributed by atoms with Crippen LogP contribution in [0.3, 0.4) is 0 Å². The largest absolute Gasteiger partial charge is 0.497 e. The Kier molecular flexibility index (Phi) is 5.56. The van der Waals surface area contributed by atoms with E-state index in [-0.39, 0.29) is 6.61 Å². The maximum Gasteiger partial charge on any atom is 0.237 e. The summed E-state index contributed by atoms with van der Waals surface area (Å²) in [6.07, 6.45) is 1.67. The molecule has 3 heterocycles. The summed E-state index contributed by atoms with van der Waals surface area (Å²) in [5, 5.41) is 12.6. The second kappa shape index (κ2) is 8.61. The Morgan fingerprint density at radius 1 is 1.14 bits per heavy atom. The number of nitrogen functional groups attached to an aromatic ring is 1. The van der Waals surface area contributed by atoms with Crippen LogP contribution in [0, 0.1) is 0 Å². The third-order valence-electron chi connectivity index (χ3n) is 3.83. The van der Waals surface area contributed by atoms with Crippen LogP contribution in [0.2, 0.25) is 0 Å². The monoisotopic (exact) mass is 411 g/mol. The zero-order valence-electron chi connectivity index (χ0n) is 15.4. The summed E-state index contributed by atoms with van der Waals surface area (Å²) in [4.78, 5) is 8.52. The number of thioether (sulfide) groups is 1. The lowest BCUT2D eigenvalue weighted by Crippen LogP contribution is -2.15. The highest BCUT2D eigenvalue weighted by molar-refractivity contribution is 7.98. The van der Waals surface area contributed by atoms with Gasteiger partial charge in [-0.1, -0.05) is 29.1 Å². The van der Waals surface area contributed by atoms with E-state index in [4.69, 9.17) is 19.8 Å². The number of methoxy groups -OCH3 is 1. The molecule has 0 saturated carbocycles. The number of ether oxygens (including phenoxy) is 2. The molecule has 0 aliphatic carbocycles. The van der Waals surface area contributed by atoms with Gasteiger partial charge in [0.15, 0.2) is 5.82 Å². The predicted octanol–water partition coefficient (Wildman–Crippen LogP) is 2.32. The Morgan fingerprint density at radius 3 is 2.86 bits per heavy atom. The van der Waals surface area contributed by atoms with Crippen molar-refractivity contribution in [2.75, 3.05) is 13.0 Å². The van der Waals surface area contributed by atoms with E-state index in [9.17, 15) is 0 Å². The maximum absolute atomic E-state index is 6.07. The lowest BCUT2D eigenvalue weighted by molar-refractivity contribution is 0.289. The fourth-order valence-corrected chi connectivity index (χ4v) is 3.09. The van der Waals surface area contributed by atoms with Gasteiger partial charge in [0.25, 0.3) is 0 Å². The van der Waals surface area contributed by atoms with Crippen LogP contribution in [-0.4, -0.2) is 37.1 Å². The van der Waals surface area contributed by atoms with Crippen molar-refractivity contribution in [2.24, 2.45) is 0 Å². The van der Waals surface area contributed by atoms with E-state index in [0.29, 0.717) is 45.6 Å². The molecule has 3 aromatic heterocycles. The van der Waals surface area contributed by atoms with E-state index in [1.54, 1.807) is 19.4 Å². The highest BCUT2D eigenvalue weighted by Crippen LogP contribution is 2.23. The Hall–Kier alpha value is -3.60. The molecule has 0 fully saturated rings. The van der Waals surface area contributed by atoms with Gasteiger partial charge in [-0.15, -0.1) is 10.2 Å². The first-order chi connectivity index (χ1) is 14.2. The van der Waals surface area contributed by atoms with Gasteiger partial charge in [0.2, 0.25) is 16.9 Å². The molecule has 4 aromatic rings. The summed E-state index contributed by atoms with van der Waals surface area (Å²) in [5.74, 6) is 9.17. The Labute approximate surface area is 170 Å². The molecule has 0 saturated heterocycles. The Balaban J connectivity index is 1.36. The van der Waals surface area contributed by atoms with Crippen molar-refractivity contribution in [3.63, 3.8) is 0 Å². The molecule has 29 heavy (non-hydrogen) atoms. The predicted molar refractivity (Wildman–Crippen MR) is 105 cm³/mol. The fourth-order valence-electron chi connectivity index (χ4n) is 2.38. The molecule has 0 bridgehead atoms. The highest BCUT2D eigenvalue weighted by Gasteiger charge is 2.14. The van der Waals surface area contributed by atoms with Gasteiger partial charge in [-0.3, -0.25) is 4.98 Å². The second-order valence-corrected chi connectivity index (χ2v) is 6.69. The van der Waals surface area contributed by atoms with Gasteiger partial charge in [0, 0.05) is 12.3 Å². The third kappa shape index (κ3) is 4.46. The summed E-state index contributed by atoms with van der Waals surface area (Å²) < 4.78 is 17.5. The maximum atomic E-state index is 6.07. The van der Waals surface area contributed by atoms with Gasteiger partial charge in [0.05, 0.1) is 12.9 Å². The van der Waals surface area contributed by atoms with Gasteiger partial charge in [-0.25, -0.2) is 4.68 Å². The number of aromatic nitrogens is 6. The zero-order valence-corrected chi connectivity index (χ0v) is 16.2. The van der Waals surface area contributed by atoms with Crippen LogP contribution < -0.4 is 15.3 Å². The Bertz CT molecular complexity index is 1080. The number of nitrogens with two attached hydrogens (primary N) is 1. The topological polar surface area (TPSA) is 127 Å². The van der Waals surface area contributed by atoms with Crippen molar-refractivity contribution in [1.82, 2.24) is 30.0 Å². The summed E-state index contributed by atoms with van der Waals surface area (Å²) >= 11 is 1.33.